The van der Waals surface area contributed by atoms with Crippen molar-refractivity contribution in [3.8, 4) is 0 Å². The molecule has 0 atom stereocenters. The normalized spacial score (nSPS) is 10.4. The van der Waals surface area contributed by atoms with Gasteiger partial charge in [0.15, 0.2) is 10.9 Å². The highest BCUT2D eigenvalue weighted by molar-refractivity contribution is 7.80. The highest BCUT2D eigenvalue weighted by Crippen LogP contribution is 2.10. The van der Waals surface area contributed by atoms with Gasteiger partial charge < -0.3 is 5.32 Å². The summed E-state index contributed by atoms with van der Waals surface area (Å²) in [5.41, 5.74) is 3.43. The van der Waals surface area contributed by atoms with Crippen molar-refractivity contribution in [2.45, 2.75) is 13.8 Å². The maximum absolute atomic E-state index is 11.9. The molecule has 0 aliphatic carbocycles. The topological polar surface area (TPSA) is 58.2 Å². The number of Topliss-reactive ketones (excluding diaryl/α,β-unsaturated/α-hetero) is 1. The number of carbonyl (C=O) groups excluding carboxylic acids is 2. The van der Waals surface area contributed by atoms with Gasteiger partial charge in [0.25, 0.3) is 0 Å². The molecule has 1 amide bonds. The van der Waals surface area contributed by atoms with E-state index in [9.17, 15) is 9.59 Å². The number of hydrogen-bond donors (Lipinski definition) is 2. The van der Waals surface area contributed by atoms with E-state index in [0.29, 0.717) is 11.3 Å². The Morgan fingerprint density at radius 3 is 2.21 bits per heavy atom. The van der Waals surface area contributed by atoms with E-state index in [4.69, 9.17) is 12.2 Å². The van der Waals surface area contributed by atoms with Crippen LogP contribution in [0.4, 0.5) is 5.69 Å². The summed E-state index contributed by atoms with van der Waals surface area (Å²) >= 11 is 5.10. The number of nitrogens with one attached hydrogen (secondary N) is 2. The van der Waals surface area contributed by atoms with Crippen molar-refractivity contribution in [1.29, 1.82) is 0 Å². The van der Waals surface area contributed by atoms with Crippen molar-refractivity contribution in [3.63, 3.8) is 0 Å². The zero-order valence-corrected chi connectivity index (χ0v) is 14.3. The van der Waals surface area contributed by atoms with Crippen LogP contribution in [0.5, 0.6) is 0 Å². The number of amides is 1. The van der Waals surface area contributed by atoms with Crippen molar-refractivity contribution in [2.24, 2.45) is 0 Å². The van der Waals surface area contributed by atoms with Gasteiger partial charge in [-0.15, -0.1) is 0 Å². The molecule has 0 radical (unpaired) electrons. The third-order valence-electron chi connectivity index (χ3n) is 3.29. The second-order valence-corrected chi connectivity index (χ2v) is 5.73. The van der Waals surface area contributed by atoms with E-state index in [-0.39, 0.29) is 16.8 Å². The molecule has 2 aromatic rings. The second-order valence-electron chi connectivity index (χ2n) is 5.32. The Morgan fingerprint density at radius 2 is 1.62 bits per heavy atom. The zero-order chi connectivity index (χ0) is 17.5. The number of aryl methyl sites for hydroxylation is 1. The summed E-state index contributed by atoms with van der Waals surface area (Å²) < 4.78 is 0. The molecule has 5 heteroatoms. The molecule has 0 bridgehead atoms. The molecule has 0 unspecified atom stereocenters. The van der Waals surface area contributed by atoms with Gasteiger partial charge in [0.2, 0.25) is 5.91 Å². The van der Waals surface area contributed by atoms with Crippen LogP contribution in [0.1, 0.15) is 28.4 Å². The summed E-state index contributed by atoms with van der Waals surface area (Å²) in [5, 5.41) is 5.67. The number of ketones is 1. The summed E-state index contributed by atoms with van der Waals surface area (Å²) in [5.74, 6) is -0.313. The van der Waals surface area contributed by atoms with Crippen LogP contribution < -0.4 is 10.6 Å². The Balaban J connectivity index is 1.88. The molecule has 0 spiro atoms. The predicted molar refractivity (Wildman–Crippen MR) is 101 cm³/mol. The lowest BCUT2D eigenvalue weighted by molar-refractivity contribution is -0.115. The van der Waals surface area contributed by atoms with Crippen molar-refractivity contribution in [1.82, 2.24) is 5.32 Å². The number of rotatable bonds is 4. The maximum atomic E-state index is 11.9. The Kier molecular flexibility index (Phi) is 5.98. The van der Waals surface area contributed by atoms with Gasteiger partial charge in [-0.3, -0.25) is 14.9 Å². The van der Waals surface area contributed by atoms with Crippen LogP contribution in [-0.4, -0.2) is 16.8 Å². The molecule has 4 nitrogen and oxygen atoms in total. The Bertz CT molecular complexity index is 778. The monoisotopic (exact) mass is 338 g/mol. The molecule has 0 aliphatic heterocycles. The number of carbonyl (C=O) groups is 2. The van der Waals surface area contributed by atoms with Crippen molar-refractivity contribution in [3.05, 3.63) is 71.3 Å². The molecule has 0 aliphatic rings. The maximum Gasteiger partial charge on any atom is 0.250 e. The summed E-state index contributed by atoms with van der Waals surface area (Å²) in [6.45, 7) is 3.51. The van der Waals surface area contributed by atoms with E-state index in [1.54, 1.807) is 30.3 Å². The molecular weight excluding hydrogens is 320 g/mol. The highest BCUT2D eigenvalue weighted by Gasteiger charge is 2.03. The Labute approximate surface area is 146 Å². The smallest absolute Gasteiger partial charge is 0.250 e. The number of anilines is 1. The minimum atomic E-state index is -0.312. The summed E-state index contributed by atoms with van der Waals surface area (Å²) in [4.78, 5) is 23.1. The molecule has 0 saturated carbocycles. The first kappa shape index (κ1) is 17.6. The predicted octanol–water partition coefficient (Wildman–Crippen LogP) is 3.72. The van der Waals surface area contributed by atoms with Gasteiger partial charge in [-0.25, -0.2) is 0 Å². The van der Waals surface area contributed by atoms with E-state index in [1.807, 2.05) is 31.2 Å². The molecule has 0 aromatic heterocycles. The fourth-order valence-electron chi connectivity index (χ4n) is 1.95. The third-order valence-corrected chi connectivity index (χ3v) is 3.49. The first-order valence-electron chi connectivity index (χ1n) is 7.42. The fraction of sp³-hybridized carbons (Fsp3) is 0.105. The van der Waals surface area contributed by atoms with Crippen LogP contribution in [0, 0.1) is 6.92 Å². The molecule has 0 fully saturated rings. The number of hydrogen-bond acceptors (Lipinski definition) is 3. The highest BCUT2D eigenvalue weighted by atomic mass is 32.1. The first-order valence-corrected chi connectivity index (χ1v) is 7.82. The van der Waals surface area contributed by atoms with Crippen LogP contribution >= 0.6 is 12.2 Å². The zero-order valence-electron chi connectivity index (χ0n) is 13.5. The molecule has 24 heavy (non-hydrogen) atoms. The average molecular weight is 338 g/mol. The van der Waals surface area contributed by atoms with E-state index in [1.165, 1.54) is 13.0 Å². The van der Waals surface area contributed by atoms with Crippen molar-refractivity contribution < 1.29 is 9.59 Å². The minimum absolute atomic E-state index is 0.00123. The summed E-state index contributed by atoms with van der Waals surface area (Å²) in [7, 11) is 0. The lowest BCUT2D eigenvalue weighted by atomic mass is 10.1. The number of benzene rings is 2. The van der Waals surface area contributed by atoms with Crippen LogP contribution in [-0.2, 0) is 4.79 Å². The van der Waals surface area contributed by atoms with Gasteiger partial charge in [-0.1, -0.05) is 29.8 Å². The van der Waals surface area contributed by atoms with E-state index in [2.05, 4.69) is 10.6 Å². The average Bonchev–Trinajstić information content (AvgIpc) is 2.54. The van der Waals surface area contributed by atoms with Gasteiger partial charge in [0.1, 0.15) is 0 Å². The Morgan fingerprint density at radius 1 is 1.00 bits per heavy atom. The second kappa shape index (κ2) is 8.17. The van der Waals surface area contributed by atoms with Crippen LogP contribution in [0.15, 0.2) is 54.6 Å². The van der Waals surface area contributed by atoms with Gasteiger partial charge >= 0.3 is 0 Å². The molecule has 122 valence electrons. The van der Waals surface area contributed by atoms with Crippen molar-refractivity contribution in [2.75, 3.05) is 5.32 Å². The van der Waals surface area contributed by atoms with Crippen LogP contribution in [0.3, 0.4) is 0 Å². The SMILES string of the molecule is CC(=O)c1ccc(NC(=S)NC(=O)/C=C/c2ccc(C)cc2)cc1. The van der Waals surface area contributed by atoms with Gasteiger partial charge in [0, 0.05) is 17.3 Å². The summed E-state index contributed by atoms with van der Waals surface area (Å²) in [6, 6.07) is 14.7. The van der Waals surface area contributed by atoms with Crippen LogP contribution in [0.2, 0.25) is 0 Å². The molecule has 0 heterocycles. The molecule has 2 N–H and O–H groups in total. The third kappa shape index (κ3) is 5.44. The minimum Gasteiger partial charge on any atom is -0.332 e. The van der Waals surface area contributed by atoms with Gasteiger partial charge in [-0.05, 0) is 62.0 Å². The molecular formula is C19H18N2O2S. The quantitative estimate of drug-likeness (QED) is 0.507. The van der Waals surface area contributed by atoms with E-state index >= 15 is 0 Å². The lowest BCUT2D eigenvalue weighted by Crippen LogP contribution is -2.32. The van der Waals surface area contributed by atoms with E-state index in [0.717, 1.165) is 11.1 Å². The number of thiocarbonyl (C=S) groups is 1. The summed E-state index contributed by atoms with van der Waals surface area (Å²) in [6.07, 6.45) is 3.15. The van der Waals surface area contributed by atoms with Gasteiger partial charge in [-0.2, -0.15) is 0 Å². The van der Waals surface area contributed by atoms with Crippen molar-refractivity contribution >= 4 is 40.8 Å². The largest absolute Gasteiger partial charge is 0.332 e. The van der Waals surface area contributed by atoms with Gasteiger partial charge in [0.05, 0.1) is 0 Å². The van der Waals surface area contributed by atoms with Crippen LogP contribution in [0.25, 0.3) is 6.08 Å². The molecule has 2 aromatic carbocycles. The van der Waals surface area contributed by atoms with E-state index < -0.39 is 0 Å². The lowest BCUT2D eigenvalue weighted by Gasteiger charge is -2.08. The molecule has 2 rings (SSSR count). The Hall–Kier alpha value is -2.79. The standard InChI is InChI=1S/C19H18N2O2S/c1-13-3-5-15(6-4-13)7-12-18(23)21-19(24)20-17-10-8-16(9-11-17)14(2)22/h3-12H,1-2H3,(H2,20,21,23,24)/b12-7+. The fourth-order valence-corrected chi connectivity index (χ4v) is 2.17. The molecule has 0 saturated heterocycles. The first-order chi connectivity index (χ1) is 11.4.